The number of rotatable bonds is 1. The number of hydrogen-bond donors (Lipinski definition) is 1. The first-order valence-electron chi connectivity index (χ1n) is 5.04. The highest BCUT2D eigenvalue weighted by molar-refractivity contribution is 7.71. The summed E-state index contributed by atoms with van der Waals surface area (Å²) in [6.07, 6.45) is -4.54. The van der Waals surface area contributed by atoms with Gasteiger partial charge in [0.25, 0.3) is 0 Å². The van der Waals surface area contributed by atoms with Crippen LogP contribution in [0.5, 0.6) is 0 Å². The Balaban J connectivity index is 2.63. The second-order valence-electron chi connectivity index (χ2n) is 3.77. The van der Waals surface area contributed by atoms with Crippen LogP contribution in [-0.4, -0.2) is 4.98 Å². The lowest BCUT2D eigenvalue weighted by atomic mass is 10.1. The second kappa shape index (κ2) is 4.94. The quantitative estimate of drug-likeness (QED) is 0.564. The van der Waals surface area contributed by atoms with Gasteiger partial charge in [0.05, 0.1) is 5.56 Å². The SMILES string of the molecule is Fc1cc(Cl)ccc1-c1cc(C(F)(F)F)cc(=S)[nH]1. The fourth-order valence-electron chi connectivity index (χ4n) is 1.56. The molecule has 0 radical (unpaired) electrons. The third-order valence-corrected chi connectivity index (χ3v) is 2.85. The Hall–Kier alpha value is -1.40. The molecule has 0 aliphatic heterocycles. The van der Waals surface area contributed by atoms with Crippen molar-refractivity contribution >= 4 is 23.8 Å². The fourth-order valence-corrected chi connectivity index (χ4v) is 1.96. The predicted molar refractivity (Wildman–Crippen MR) is 67.0 cm³/mol. The van der Waals surface area contributed by atoms with Gasteiger partial charge in [0, 0.05) is 16.3 Å². The van der Waals surface area contributed by atoms with Crippen molar-refractivity contribution in [1.82, 2.24) is 4.98 Å². The first-order valence-corrected chi connectivity index (χ1v) is 5.83. The van der Waals surface area contributed by atoms with Crippen molar-refractivity contribution in [2.24, 2.45) is 0 Å². The van der Waals surface area contributed by atoms with E-state index in [1.54, 1.807) is 0 Å². The maximum Gasteiger partial charge on any atom is 0.416 e. The average Bonchev–Trinajstić information content (AvgIpc) is 2.26. The third kappa shape index (κ3) is 3.13. The van der Waals surface area contributed by atoms with Gasteiger partial charge in [-0.05, 0) is 30.3 Å². The van der Waals surface area contributed by atoms with E-state index in [1.807, 2.05) is 0 Å². The number of halogens is 5. The molecule has 0 bridgehead atoms. The van der Waals surface area contributed by atoms with Crippen LogP contribution in [0, 0.1) is 10.5 Å². The van der Waals surface area contributed by atoms with Gasteiger partial charge in [-0.25, -0.2) is 4.39 Å². The number of nitrogens with one attached hydrogen (secondary N) is 1. The summed E-state index contributed by atoms with van der Waals surface area (Å²) in [6.45, 7) is 0. The molecule has 0 amide bonds. The fraction of sp³-hybridized carbons (Fsp3) is 0.0833. The first kappa shape index (κ1) is 14.0. The van der Waals surface area contributed by atoms with E-state index < -0.39 is 17.6 Å². The molecule has 0 saturated carbocycles. The van der Waals surface area contributed by atoms with Crippen molar-refractivity contribution in [3.8, 4) is 11.3 Å². The lowest BCUT2D eigenvalue weighted by Gasteiger charge is -2.10. The zero-order valence-corrected chi connectivity index (χ0v) is 10.8. The Morgan fingerprint density at radius 2 is 1.79 bits per heavy atom. The molecule has 19 heavy (non-hydrogen) atoms. The van der Waals surface area contributed by atoms with E-state index in [4.69, 9.17) is 23.8 Å². The normalized spacial score (nSPS) is 11.6. The maximum absolute atomic E-state index is 13.7. The summed E-state index contributed by atoms with van der Waals surface area (Å²) < 4.78 is 51.5. The van der Waals surface area contributed by atoms with Crippen LogP contribution in [0.15, 0.2) is 30.3 Å². The van der Waals surface area contributed by atoms with Crippen molar-refractivity contribution in [2.45, 2.75) is 6.18 Å². The minimum absolute atomic E-state index is 0.0263. The zero-order valence-electron chi connectivity index (χ0n) is 9.18. The molecule has 0 atom stereocenters. The number of hydrogen-bond acceptors (Lipinski definition) is 1. The summed E-state index contributed by atoms with van der Waals surface area (Å²) in [7, 11) is 0. The van der Waals surface area contributed by atoms with E-state index >= 15 is 0 Å². The Morgan fingerprint density at radius 3 is 2.37 bits per heavy atom. The number of aromatic nitrogens is 1. The van der Waals surface area contributed by atoms with Crippen LogP contribution in [0.1, 0.15) is 5.56 Å². The largest absolute Gasteiger partial charge is 0.416 e. The van der Waals surface area contributed by atoms with E-state index in [2.05, 4.69) is 4.98 Å². The molecular weight excluding hydrogens is 302 g/mol. The Labute approximate surface area is 115 Å². The molecular formula is C12H6ClF4NS. The summed E-state index contributed by atoms with van der Waals surface area (Å²) in [5.74, 6) is -0.725. The van der Waals surface area contributed by atoms with Gasteiger partial charge in [-0.2, -0.15) is 13.2 Å². The lowest BCUT2D eigenvalue weighted by Crippen LogP contribution is -2.06. The van der Waals surface area contributed by atoms with Gasteiger partial charge in [-0.3, -0.25) is 0 Å². The number of pyridine rings is 1. The van der Waals surface area contributed by atoms with Crippen LogP contribution in [0.25, 0.3) is 11.3 Å². The lowest BCUT2D eigenvalue weighted by molar-refractivity contribution is -0.137. The highest BCUT2D eigenvalue weighted by Crippen LogP contribution is 2.32. The van der Waals surface area contributed by atoms with Crippen molar-refractivity contribution < 1.29 is 17.6 Å². The van der Waals surface area contributed by atoms with Crippen LogP contribution < -0.4 is 0 Å². The first-order chi connectivity index (χ1) is 8.77. The molecule has 0 aliphatic rings. The van der Waals surface area contributed by atoms with Crippen molar-refractivity contribution in [1.29, 1.82) is 0 Å². The summed E-state index contributed by atoms with van der Waals surface area (Å²) in [6, 6.07) is 5.29. The topological polar surface area (TPSA) is 15.8 Å². The van der Waals surface area contributed by atoms with Gasteiger partial charge < -0.3 is 4.98 Å². The minimum atomic E-state index is -4.54. The maximum atomic E-state index is 13.7. The number of benzene rings is 1. The summed E-state index contributed by atoms with van der Waals surface area (Å²) in [5.41, 5.74) is -1.00. The smallest absolute Gasteiger partial charge is 0.346 e. The van der Waals surface area contributed by atoms with E-state index in [-0.39, 0.29) is 20.9 Å². The molecule has 2 rings (SSSR count). The van der Waals surface area contributed by atoms with E-state index in [0.29, 0.717) is 0 Å². The Bertz CT molecular complexity index is 678. The van der Waals surface area contributed by atoms with E-state index in [0.717, 1.165) is 18.2 Å². The molecule has 7 heteroatoms. The Morgan fingerprint density at radius 1 is 1.11 bits per heavy atom. The molecule has 1 N–H and O–H groups in total. The van der Waals surface area contributed by atoms with E-state index in [1.165, 1.54) is 12.1 Å². The number of aromatic amines is 1. The molecule has 0 unspecified atom stereocenters. The van der Waals surface area contributed by atoms with Gasteiger partial charge in [0.2, 0.25) is 0 Å². The number of alkyl halides is 3. The highest BCUT2D eigenvalue weighted by Gasteiger charge is 2.31. The predicted octanol–water partition coefficient (Wildman–Crippen LogP) is 5.22. The zero-order chi connectivity index (χ0) is 14.2. The molecule has 2 aromatic rings. The van der Waals surface area contributed by atoms with Crippen LogP contribution in [-0.2, 0) is 6.18 Å². The number of H-pyrrole nitrogens is 1. The monoisotopic (exact) mass is 307 g/mol. The van der Waals surface area contributed by atoms with Crippen LogP contribution in [0.3, 0.4) is 0 Å². The second-order valence-corrected chi connectivity index (χ2v) is 4.65. The van der Waals surface area contributed by atoms with Crippen molar-refractivity contribution in [2.75, 3.05) is 0 Å². The molecule has 0 fully saturated rings. The van der Waals surface area contributed by atoms with Gasteiger partial charge in [-0.1, -0.05) is 23.8 Å². The van der Waals surface area contributed by atoms with Crippen LogP contribution >= 0.6 is 23.8 Å². The standard InChI is InChI=1S/C12H6ClF4NS/c13-7-1-2-8(9(14)5-7)10-3-6(12(15,16)17)4-11(19)18-10/h1-5H,(H,18,19). The highest BCUT2D eigenvalue weighted by atomic mass is 35.5. The minimum Gasteiger partial charge on any atom is -0.346 e. The van der Waals surface area contributed by atoms with Gasteiger partial charge in [0.15, 0.2) is 0 Å². The molecule has 1 nitrogen and oxygen atoms in total. The molecule has 0 aliphatic carbocycles. The molecule has 0 spiro atoms. The van der Waals surface area contributed by atoms with Crippen LogP contribution in [0.2, 0.25) is 5.02 Å². The van der Waals surface area contributed by atoms with Crippen LogP contribution in [0.4, 0.5) is 17.6 Å². The van der Waals surface area contributed by atoms with Gasteiger partial charge >= 0.3 is 6.18 Å². The van der Waals surface area contributed by atoms with Gasteiger partial charge in [0.1, 0.15) is 10.5 Å². The molecule has 1 aromatic heterocycles. The summed E-state index contributed by atoms with van der Waals surface area (Å²) in [5, 5.41) is 0.159. The Kier molecular flexibility index (Phi) is 3.64. The van der Waals surface area contributed by atoms with Crippen molar-refractivity contribution in [3.05, 3.63) is 51.4 Å². The molecule has 1 aromatic carbocycles. The average molecular weight is 308 g/mol. The van der Waals surface area contributed by atoms with E-state index in [9.17, 15) is 17.6 Å². The molecule has 100 valence electrons. The summed E-state index contributed by atoms with van der Waals surface area (Å²) in [4.78, 5) is 2.53. The van der Waals surface area contributed by atoms with Crippen molar-refractivity contribution in [3.63, 3.8) is 0 Å². The van der Waals surface area contributed by atoms with Gasteiger partial charge in [-0.15, -0.1) is 0 Å². The summed E-state index contributed by atoms with van der Waals surface area (Å²) >= 11 is 10.3. The molecule has 1 heterocycles. The third-order valence-electron chi connectivity index (χ3n) is 2.39. The molecule has 0 saturated heterocycles.